The second-order valence-corrected chi connectivity index (χ2v) is 10.2. The molecule has 4 N–H and O–H groups in total. The van der Waals surface area contributed by atoms with E-state index < -0.39 is 23.6 Å². The molecule has 0 radical (unpaired) electrons. The van der Waals surface area contributed by atoms with E-state index in [0.717, 1.165) is 29.9 Å². The van der Waals surface area contributed by atoms with Gasteiger partial charge < -0.3 is 26.0 Å². The Bertz CT molecular complexity index is 1300. The molecular weight excluding hydrogens is 462 g/mol. The quantitative estimate of drug-likeness (QED) is 0.523. The Morgan fingerprint density at radius 1 is 1.29 bits per heavy atom. The zero-order valence-corrected chi connectivity index (χ0v) is 19.3. The highest BCUT2D eigenvalue weighted by atomic mass is 32.1. The second kappa shape index (κ2) is 8.02. The van der Waals surface area contributed by atoms with E-state index in [0.29, 0.717) is 46.1 Å². The van der Waals surface area contributed by atoms with Crippen LogP contribution in [0, 0.1) is 18.6 Å². The Morgan fingerprint density at radius 3 is 2.82 bits per heavy atom. The molecule has 3 aliphatic heterocycles. The van der Waals surface area contributed by atoms with Gasteiger partial charge in [0.25, 0.3) is 5.91 Å². The summed E-state index contributed by atoms with van der Waals surface area (Å²) in [5.74, 6) is -1.86. The number of fused-ring (bicyclic) bond motifs is 4. The van der Waals surface area contributed by atoms with Gasteiger partial charge in [-0.05, 0) is 19.8 Å². The summed E-state index contributed by atoms with van der Waals surface area (Å²) in [6.45, 7) is 3.25. The van der Waals surface area contributed by atoms with Gasteiger partial charge >= 0.3 is 0 Å². The summed E-state index contributed by atoms with van der Waals surface area (Å²) >= 11 is 1.15. The van der Waals surface area contributed by atoms with E-state index in [1.165, 1.54) is 0 Å². The minimum absolute atomic E-state index is 0.122. The molecule has 2 saturated heterocycles. The minimum atomic E-state index is -0.914. The lowest BCUT2D eigenvalue weighted by molar-refractivity contribution is 0.0919. The van der Waals surface area contributed by atoms with Gasteiger partial charge in [0.05, 0.1) is 23.1 Å². The van der Waals surface area contributed by atoms with Gasteiger partial charge in [0.2, 0.25) is 0 Å². The normalized spacial score (nSPS) is 23.6. The summed E-state index contributed by atoms with van der Waals surface area (Å²) < 4.78 is 36.0. The first-order valence-corrected chi connectivity index (χ1v) is 12.2. The van der Waals surface area contributed by atoms with Crippen molar-refractivity contribution in [2.75, 3.05) is 30.3 Å². The third kappa shape index (κ3) is 3.54. The van der Waals surface area contributed by atoms with Crippen molar-refractivity contribution in [2.24, 2.45) is 0 Å². The molecule has 6 rings (SSSR count). The van der Waals surface area contributed by atoms with Gasteiger partial charge in [-0.1, -0.05) is 0 Å². The largest absolute Gasteiger partial charge is 0.491 e. The second-order valence-electron chi connectivity index (χ2n) is 9.24. The fourth-order valence-corrected chi connectivity index (χ4v) is 6.15. The lowest BCUT2D eigenvalue weighted by Crippen LogP contribution is -2.51. The lowest BCUT2D eigenvalue weighted by Gasteiger charge is -2.36. The third-order valence-electron chi connectivity index (χ3n) is 6.80. The summed E-state index contributed by atoms with van der Waals surface area (Å²) in [6, 6.07) is 1.67. The molecule has 3 aromatic rings. The molecular formula is C23H24F2N6O2S. The van der Waals surface area contributed by atoms with Crippen LogP contribution in [0.4, 0.5) is 20.2 Å². The molecule has 1 amide bonds. The number of nitrogens with two attached hydrogens (primary N) is 1. The summed E-state index contributed by atoms with van der Waals surface area (Å²) in [5, 5.41) is 6.33. The first-order valence-electron chi connectivity index (χ1n) is 11.3. The number of nitrogen functional groups attached to an aromatic ring is 1. The molecule has 2 fully saturated rings. The Balaban J connectivity index is 1.22. The number of carbonyl (C=O) groups is 1. The lowest BCUT2D eigenvalue weighted by atomic mass is 10.00. The highest BCUT2D eigenvalue weighted by Crippen LogP contribution is 2.37. The van der Waals surface area contributed by atoms with Crippen molar-refractivity contribution in [3.8, 4) is 5.75 Å². The van der Waals surface area contributed by atoms with Gasteiger partial charge in [0, 0.05) is 49.4 Å². The number of rotatable bonds is 3. The first-order chi connectivity index (χ1) is 16.4. The monoisotopic (exact) mass is 486 g/mol. The number of anilines is 2. The maximum absolute atomic E-state index is 15.1. The molecule has 11 heteroatoms. The molecule has 2 aromatic heterocycles. The summed E-state index contributed by atoms with van der Waals surface area (Å²) in [4.78, 5) is 24.3. The van der Waals surface area contributed by atoms with Crippen molar-refractivity contribution in [1.29, 1.82) is 0 Å². The Morgan fingerprint density at radius 2 is 2.06 bits per heavy atom. The van der Waals surface area contributed by atoms with Crippen LogP contribution in [-0.4, -0.2) is 53.7 Å². The zero-order chi connectivity index (χ0) is 23.6. The summed E-state index contributed by atoms with van der Waals surface area (Å²) in [5.41, 5.74) is 7.97. The summed E-state index contributed by atoms with van der Waals surface area (Å²) in [6.07, 6.45) is 3.81. The van der Waals surface area contributed by atoms with Crippen LogP contribution in [0.5, 0.6) is 5.75 Å². The van der Waals surface area contributed by atoms with Gasteiger partial charge in [-0.2, -0.15) is 0 Å². The van der Waals surface area contributed by atoms with Crippen molar-refractivity contribution in [3.05, 3.63) is 40.0 Å². The maximum atomic E-state index is 15.1. The van der Waals surface area contributed by atoms with E-state index in [4.69, 9.17) is 10.5 Å². The first kappa shape index (κ1) is 21.5. The molecule has 2 bridgehead atoms. The SMILES string of the molecule is Cc1cnc2c(N)c(C(=O)N[C@H]3COc4cc(N5CC6CCC(C5)N6)c(F)c(F)c4C3)sc2n1. The van der Waals surface area contributed by atoms with Crippen LogP contribution in [-0.2, 0) is 6.42 Å². The number of hydrogen-bond acceptors (Lipinski definition) is 8. The molecule has 0 spiro atoms. The number of nitrogens with zero attached hydrogens (tertiary/aromatic N) is 3. The van der Waals surface area contributed by atoms with Gasteiger partial charge in [0.1, 0.15) is 27.6 Å². The van der Waals surface area contributed by atoms with Gasteiger partial charge in [-0.15, -0.1) is 11.3 Å². The predicted molar refractivity (Wildman–Crippen MR) is 126 cm³/mol. The number of amides is 1. The van der Waals surface area contributed by atoms with Crippen LogP contribution in [0.25, 0.3) is 10.3 Å². The number of benzene rings is 1. The highest BCUT2D eigenvalue weighted by molar-refractivity contribution is 7.21. The van der Waals surface area contributed by atoms with E-state index in [1.807, 2.05) is 11.8 Å². The molecule has 3 atom stereocenters. The Labute approximate surface area is 198 Å². The number of ether oxygens (including phenoxy) is 1. The van der Waals surface area contributed by atoms with Crippen molar-refractivity contribution < 1.29 is 18.3 Å². The molecule has 0 aliphatic carbocycles. The zero-order valence-electron chi connectivity index (χ0n) is 18.5. The number of halogens is 2. The minimum Gasteiger partial charge on any atom is -0.491 e. The van der Waals surface area contributed by atoms with Gasteiger partial charge in [0.15, 0.2) is 11.6 Å². The smallest absolute Gasteiger partial charge is 0.263 e. The van der Waals surface area contributed by atoms with Crippen molar-refractivity contribution in [1.82, 2.24) is 20.6 Å². The average Bonchev–Trinajstić information content (AvgIpc) is 3.33. The molecule has 0 saturated carbocycles. The number of aryl methyl sites for hydroxylation is 1. The van der Waals surface area contributed by atoms with E-state index in [9.17, 15) is 4.79 Å². The van der Waals surface area contributed by atoms with Crippen LogP contribution < -0.4 is 26.0 Å². The number of nitrogens with one attached hydrogen (secondary N) is 2. The third-order valence-corrected chi connectivity index (χ3v) is 7.88. The van der Waals surface area contributed by atoms with Crippen LogP contribution in [0.15, 0.2) is 12.3 Å². The number of aromatic nitrogens is 2. The van der Waals surface area contributed by atoms with Crippen molar-refractivity contribution >= 4 is 39.0 Å². The highest BCUT2D eigenvalue weighted by Gasteiger charge is 2.36. The van der Waals surface area contributed by atoms with Gasteiger partial charge in [-0.3, -0.25) is 4.79 Å². The van der Waals surface area contributed by atoms with Crippen molar-refractivity contribution in [2.45, 2.75) is 44.3 Å². The fourth-order valence-electron chi connectivity index (χ4n) is 5.15. The number of piperazine rings is 1. The van der Waals surface area contributed by atoms with Crippen molar-refractivity contribution in [3.63, 3.8) is 0 Å². The molecule has 2 unspecified atom stereocenters. The fraction of sp³-hybridized carbons (Fsp3) is 0.435. The van der Waals surface area contributed by atoms with E-state index in [1.54, 1.807) is 12.3 Å². The Hall–Kier alpha value is -3.05. The van der Waals surface area contributed by atoms with E-state index >= 15 is 8.78 Å². The molecule has 5 heterocycles. The van der Waals surface area contributed by atoms with Crippen LogP contribution in [0.3, 0.4) is 0 Å². The predicted octanol–water partition coefficient (Wildman–Crippen LogP) is 2.53. The Kier molecular flexibility index (Phi) is 5.07. The standard InChI is InChI=1S/C23H24F2N6O2S/c1-10-6-27-20-19(26)21(34-23(20)28-10)22(32)30-13-4-14-16(33-9-13)5-15(18(25)17(14)24)31-7-11-2-3-12(8-31)29-11/h5-6,11-13,29H,2-4,7-9,26H2,1H3,(H,30,32)/t11?,12?,13-/m1/s1. The van der Waals surface area contributed by atoms with E-state index in [2.05, 4.69) is 20.6 Å². The average molecular weight is 487 g/mol. The molecule has 34 heavy (non-hydrogen) atoms. The maximum Gasteiger partial charge on any atom is 0.263 e. The molecule has 8 nitrogen and oxygen atoms in total. The number of thiophene rings is 1. The number of carbonyl (C=O) groups excluding carboxylic acids is 1. The molecule has 3 aliphatic rings. The van der Waals surface area contributed by atoms with Crippen LogP contribution >= 0.6 is 11.3 Å². The molecule has 178 valence electrons. The van der Waals surface area contributed by atoms with Crippen LogP contribution in [0.2, 0.25) is 0 Å². The van der Waals surface area contributed by atoms with Gasteiger partial charge in [-0.25, -0.2) is 18.7 Å². The topological polar surface area (TPSA) is 105 Å². The summed E-state index contributed by atoms with van der Waals surface area (Å²) in [7, 11) is 0. The number of hydrogen-bond donors (Lipinski definition) is 3. The van der Waals surface area contributed by atoms with E-state index in [-0.39, 0.29) is 30.0 Å². The van der Waals surface area contributed by atoms with Crippen LogP contribution in [0.1, 0.15) is 33.8 Å². The molecule has 1 aromatic carbocycles.